The van der Waals surface area contributed by atoms with Gasteiger partial charge < -0.3 is 14.6 Å². The Hall–Kier alpha value is -2.63. The highest BCUT2D eigenvalue weighted by Gasteiger charge is 2.10. The Labute approximate surface area is 129 Å². The van der Waals surface area contributed by atoms with Crippen LogP contribution in [0.1, 0.15) is 17.0 Å². The lowest BCUT2D eigenvalue weighted by atomic mass is 10.2. The zero-order valence-corrected chi connectivity index (χ0v) is 13.3. The fourth-order valence-electron chi connectivity index (χ4n) is 2.28. The van der Waals surface area contributed by atoms with Gasteiger partial charge in [-0.1, -0.05) is 6.07 Å². The lowest BCUT2D eigenvalue weighted by Crippen LogP contribution is -2.16. The molecule has 3 heterocycles. The van der Waals surface area contributed by atoms with E-state index in [4.69, 9.17) is 0 Å². The van der Waals surface area contributed by atoms with E-state index < -0.39 is 0 Å². The van der Waals surface area contributed by atoms with Gasteiger partial charge in [0.15, 0.2) is 0 Å². The van der Waals surface area contributed by atoms with Gasteiger partial charge in [-0.15, -0.1) is 0 Å². The largest absolute Gasteiger partial charge is 0.364 e. The van der Waals surface area contributed by atoms with Gasteiger partial charge in [-0.05, 0) is 26.0 Å². The van der Waals surface area contributed by atoms with Crippen LogP contribution in [0.3, 0.4) is 0 Å². The van der Waals surface area contributed by atoms with Gasteiger partial charge in [0.1, 0.15) is 11.5 Å². The molecule has 0 amide bonds. The molecule has 0 radical (unpaired) electrons. The van der Waals surface area contributed by atoms with Gasteiger partial charge in [0.25, 0.3) is 0 Å². The first-order valence-corrected chi connectivity index (χ1v) is 7.23. The van der Waals surface area contributed by atoms with Crippen molar-refractivity contribution in [3.8, 4) is 0 Å². The van der Waals surface area contributed by atoms with E-state index in [0.717, 1.165) is 28.4 Å². The quantitative estimate of drug-likeness (QED) is 0.801. The molecule has 0 bridgehead atoms. The molecule has 0 fully saturated rings. The molecule has 0 atom stereocenters. The Morgan fingerprint density at radius 2 is 2.00 bits per heavy atom. The summed E-state index contributed by atoms with van der Waals surface area (Å²) in [6.07, 6.45) is 3.90. The number of imidazole rings is 1. The summed E-state index contributed by atoms with van der Waals surface area (Å²) in [6.45, 7) is 4.70. The van der Waals surface area contributed by atoms with Crippen molar-refractivity contribution < 1.29 is 0 Å². The highest BCUT2D eigenvalue weighted by atomic mass is 15.2. The molecular formula is C16H20N6. The molecular weight excluding hydrogens is 276 g/mol. The standard InChI is InChI=1S/C16H20N6/c1-11-12(2)19-16(21(3)4)20-15(11)18-10-13-9-17-14-7-5-6-8-22(13)14/h5-9H,10H2,1-4H3,(H,18,19,20). The molecule has 3 rings (SSSR count). The summed E-state index contributed by atoms with van der Waals surface area (Å²) in [5.41, 5.74) is 4.10. The first kappa shape index (κ1) is 14.3. The molecule has 6 nitrogen and oxygen atoms in total. The van der Waals surface area contributed by atoms with Crippen LogP contribution >= 0.6 is 0 Å². The van der Waals surface area contributed by atoms with Gasteiger partial charge in [-0.25, -0.2) is 9.97 Å². The van der Waals surface area contributed by atoms with Crippen LogP contribution in [-0.2, 0) is 6.54 Å². The maximum atomic E-state index is 4.59. The predicted molar refractivity (Wildman–Crippen MR) is 88.4 cm³/mol. The Morgan fingerprint density at radius 3 is 2.77 bits per heavy atom. The number of aryl methyl sites for hydroxylation is 1. The third-order valence-electron chi connectivity index (χ3n) is 3.71. The van der Waals surface area contributed by atoms with E-state index in [-0.39, 0.29) is 0 Å². The van der Waals surface area contributed by atoms with E-state index in [2.05, 4.69) is 24.7 Å². The number of hydrogen-bond acceptors (Lipinski definition) is 5. The van der Waals surface area contributed by atoms with Crippen LogP contribution in [0.25, 0.3) is 5.65 Å². The number of nitrogens with zero attached hydrogens (tertiary/aromatic N) is 5. The molecule has 114 valence electrons. The minimum atomic E-state index is 0.662. The number of nitrogens with one attached hydrogen (secondary N) is 1. The first-order valence-electron chi connectivity index (χ1n) is 7.23. The monoisotopic (exact) mass is 296 g/mol. The Morgan fingerprint density at radius 1 is 1.18 bits per heavy atom. The maximum Gasteiger partial charge on any atom is 0.227 e. The van der Waals surface area contributed by atoms with Crippen molar-refractivity contribution in [1.82, 2.24) is 19.4 Å². The van der Waals surface area contributed by atoms with Gasteiger partial charge in [0, 0.05) is 31.5 Å². The van der Waals surface area contributed by atoms with Crippen molar-refractivity contribution in [2.24, 2.45) is 0 Å². The van der Waals surface area contributed by atoms with Crippen molar-refractivity contribution >= 4 is 17.4 Å². The van der Waals surface area contributed by atoms with Crippen molar-refractivity contribution in [3.05, 3.63) is 47.5 Å². The average molecular weight is 296 g/mol. The van der Waals surface area contributed by atoms with Gasteiger partial charge >= 0.3 is 0 Å². The van der Waals surface area contributed by atoms with Gasteiger partial charge in [0.2, 0.25) is 5.95 Å². The third kappa shape index (κ3) is 2.59. The van der Waals surface area contributed by atoms with E-state index in [1.807, 2.05) is 63.4 Å². The van der Waals surface area contributed by atoms with E-state index in [1.165, 1.54) is 0 Å². The molecule has 0 aromatic carbocycles. The minimum Gasteiger partial charge on any atom is -0.364 e. The lowest BCUT2D eigenvalue weighted by molar-refractivity contribution is 0.939. The molecule has 1 N–H and O–H groups in total. The van der Waals surface area contributed by atoms with Crippen molar-refractivity contribution in [1.29, 1.82) is 0 Å². The average Bonchev–Trinajstić information content (AvgIpc) is 2.91. The Bertz CT molecular complexity index is 806. The van der Waals surface area contributed by atoms with E-state index in [9.17, 15) is 0 Å². The maximum absolute atomic E-state index is 4.59. The van der Waals surface area contributed by atoms with Crippen LogP contribution in [0.5, 0.6) is 0 Å². The zero-order chi connectivity index (χ0) is 15.7. The topological polar surface area (TPSA) is 58.4 Å². The summed E-state index contributed by atoms with van der Waals surface area (Å²) in [6, 6.07) is 5.98. The number of rotatable bonds is 4. The second-order valence-electron chi connectivity index (χ2n) is 5.51. The molecule has 6 heteroatoms. The number of hydrogen-bond donors (Lipinski definition) is 1. The summed E-state index contributed by atoms with van der Waals surface area (Å²) in [7, 11) is 3.89. The third-order valence-corrected chi connectivity index (χ3v) is 3.71. The van der Waals surface area contributed by atoms with Crippen LogP contribution in [0, 0.1) is 13.8 Å². The Balaban J connectivity index is 1.87. The van der Waals surface area contributed by atoms with E-state index >= 15 is 0 Å². The number of pyridine rings is 1. The van der Waals surface area contributed by atoms with Crippen LogP contribution in [0.2, 0.25) is 0 Å². The smallest absolute Gasteiger partial charge is 0.227 e. The second-order valence-corrected chi connectivity index (χ2v) is 5.51. The molecule has 22 heavy (non-hydrogen) atoms. The van der Waals surface area contributed by atoms with Crippen molar-refractivity contribution in [2.75, 3.05) is 24.3 Å². The normalized spacial score (nSPS) is 10.9. The molecule has 0 saturated heterocycles. The predicted octanol–water partition coefficient (Wildman–Crippen LogP) is 2.42. The number of aromatic nitrogens is 4. The van der Waals surface area contributed by atoms with Crippen molar-refractivity contribution in [2.45, 2.75) is 20.4 Å². The molecule has 0 unspecified atom stereocenters. The molecule has 0 aliphatic carbocycles. The summed E-state index contributed by atoms with van der Waals surface area (Å²) < 4.78 is 2.07. The summed E-state index contributed by atoms with van der Waals surface area (Å²) in [5.74, 6) is 1.57. The number of fused-ring (bicyclic) bond motifs is 1. The lowest BCUT2D eigenvalue weighted by Gasteiger charge is -2.16. The van der Waals surface area contributed by atoms with E-state index in [1.54, 1.807) is 0 Å². The highest BCUT2D eigenvalue weighted by Crippen LogP contribution is 2.19. The molecule has 3 aromatic rings. The molecule has 0 spiro atoms. The molecule has 0 aliphatic heterocycles. The first-order chi connectivity index (χ1) is 10.6. The fourth-order valence-corrected chi connectivity index (χ4v) is 2.28. The fraction of sp³-hybridized carbons (Fsp3) is 0.312. The second kappa shape index (κ2) is 5.63. The van der Waals surface area contributed by atoms with Crippen LogP contribution < -0.4 is 10.2 Å². The SMILES string of the molecule is Cc1nc(N(C)C)nc(NCc2cnc3ccccn23)c1C. The van der Waals surface area contributed by atoms with Gasteiger partial charge in [-0.3, -0.25) is 0 Å². The van der Waals surface area contributed by atoms with Gasteiger partial charge in [0.05, 0.1) is 18.4 Å². The van der Waals surface area contributed by atoms with Crippen LogP contribution in [0.4, 0.5) is 11.8 Å². The molecule has 0 saturated carbocycles. The number of anilines is 2. The summed E-state index contributed by atoms with van der Waals surface area (Å²) >= 11 is 0. The van der Waals surface area contributed by atoms with Gasteiger partial charge in [-0.2, -0.15) is 4.98 Å². The minimum absolute atomic E-state index is 0.662. The molecule has 0 aliphatic rings. The summed E-state index contributed by atoms with van der Waals surface area (Å²) in [5, 5.41) is 3.40. The van der Waals surface area contributed by atoms with Crippen LogP contribution in [0.15, 0.2) is 30.6 Å². The summed E-state index contributed by atoms with van der Waals surface area (Å²) in [4.78, 5) is 15.4. The zero-order valence-electron chi connectivity index (χ0n) is 13.3. The van der Waals surface area contributed by atoms with Crippen LogP contribution in [-0.4, -0.2) is 33.4 Å². The highest BCUT2D eigenvalue weighted by molar-refractivity contribution is 5.50. The molecule has 3 aromatic heterocycles. The van der Waals surface area contributed by atoms with E-state index in [0.29, 0.717) is 12.5 Å². The van der Waals surface area contributed by atoms with Crippen molar-refractivity contribution in [3.63, 3.8) is 0 Å². The Kier molecular flexibility index (Phi) is 3.66.